The van der Waals surface area contributed by atoms with E-state index in [1.54, 1.807) is 4.90 Å². The minimum atomic E-state index is -0.236. The van der Waals surface area contributed by atoms with E-state index in [2.05, 4.69) is 6.08 Å². The predicted octanol–water partition coefficient (Wildman–Crippen LogP) is 4.03. The van der Waals surface area contributed by atoms with Crippen molar-refractivity contribution in [3.8, 4) is 5.75 Å². The lowest BCUT2D eigenvalue weighted by molar-refractivity contribution is 0.102. The smallest absolute Gasteiger partial charge is 0.410 e. The zero-order chi connectivity index (χ0) is 17.1. The number of para-hydroxylation sites is 1. The summed E-state index contributed by atoms with van der Waals surface area (Å²) in [6.07, 6.45) is 2.96. The summed E-state index contributed by atoms with van der Waals surface area (Å²) >= 11 is 0. The van der Waals surface area contributed by atoms with Gasteiger partial charge in [0.1, 0.15) is 18.5 Å². The first-order valence-corrected chi connectivity index (χ1v) is 8.66. The first kappa shape index (κ1) is 15.8. The molecule has 1 heterocycles. The second kappa shape index (κ2) is 7.01. The van der Waals surface area contributed by atoms with Crippen molar-refractivity contribution in [2.24, 2.45) is 5.92 Å². The van der Waals surface area contributed by atoms with Crippen molar-refractivity contribution < 1.29 is 14.3 Å². The lowest BCUT2D eigenvalue weighted by atomic mass is 10.1. The summed E-state index contributed by atoms with van der Waals surface area (Å²) in [7, 11) is 0. The molecule has 2 atom stereocenters. The van der Waals surface area contributed by atoms with Crippen LogP contribution in [0, 0.1) is 5.92 Å². The van der Waals surface area contributed by atoms with E-state index in [9.17, 15) is 4.79 Å². The number of amides is 1. The molecule has 128 valence electrons. The van der Waals surface area contributed by atoms with Crippen LogP contribution in [-0.2, 0) is 11.3 Å². The van der Waals surface area contributed by atoms with E-state index in [-0.39, 0.29) is 12.2 Å². The number of nitrogens with zero attached hydrogens (tertiary/aromatic N) is 1. The molecule has 0 radical (unpaired) electrons. The highest BCUT2D eigenvalue weighted by molar-refractivity contribution is 5.69. The Morgan fingerprint density at radius 2 is 1.76 bits per heavy atom. The van der Waals surface area contributed by atoms with E-state index < -0.39 is 0 Å². The minimum Gasteiger partial charge on any atom is -0.486 e. The van der Waals surface area contributed by atoms with Crippen LogP contribution in [0.15, 0.2) is 72.3 Å². The average molecular weight is 335 g/mol. The van der Waals surface area contributed by atoms with Crippen LogP contribution in [-0.4, -0.2) is 30.2 Å². The van der Waals surface area contributed by atoms with Gasteiger partial charge in [-0.2, -0.15) is 0 Å². The van der Waals surface area contributed by atoms with Crippen LogP contribution in [0.1, 0.15) is 12.0 Å². The van der Waals surface area contributed by atoms with Crippen molar-refractivity contribution in [1.29, 1.82) is 0 Å². The van der Waals surface area contributed by atoms with Gasteiger partial charge in [-0.3, -0.25) is 0 Å². The van der Waals surface area contributed by atoms with Crippen LogP contribution < -0.4 is 4.74 Å². The maximum absolute atomic E-state index is 12.3. The number of fused-ring (bicyclic) bond motifs is 1. The van der Waals surface area contributed by atoms with Crippen molar-refractivity contribution in [1.82, 2.24) is 4.90 Å². The molecule has 4 heteroatoms. The Balaban J connectivity index is 1.30. The number of carbonyl (C=O) groups is 1. The van der Waals surface area contributed by atoms with Gasteiger partial charge in [0.05, 0.1) is 0 Å². The summed E-state index contributed by atoms with van der Waals surface area (Å²) in [6, 6.07) is 19.6. The van der Waals surface area contributed by atoms with Crippen molar-refractivity contribution in [2.75, 3.05) is 13.1 Å². The summed E-state index contributed by atoms with van der Waals surface area (Å²) in [6.45, 7) is 1.68. The molecular formula is C21H21NO3. The number of hydrogen-bond acceptors (Lipinski definition) is 3. The fourth-order valence-electron chi connectivity index (χ4n) is 3.50. The molecule has 2 aromatic carbocycles. The minimum absolute atomic E-state index is 0.102. The van der Waals surface area contributed by atoms with Gasteiger partial charge < -0.3 is 14.4 Å². The van der Waals surface area contributed by atoms with E-state index in [4.69, 9.17) is 9.47 Å². The Kier molecular flexibility index (Phi) is 4.42. The first-order chi connectivity index (χ1) is 12.3. The van der Waals surface area contributed by atoms with Crippen molar-refractivity contribution >= 4 is 6.09 Å². The Labute approximate surface area is 147 Å². The largest absolute Gasteiger partial charge is 0.486 e. The Morgan fingerprint density at radius 3 is 2.48 bits per heavy atom. The van der Waals surface area contributed by atoms with Gasteiger partial charge in [0.2, 0.25) is 0 Å². The third-order valence-corrected chi connectivity index (χ3v) is 4.75. The molecule has 1 saturated heterocycles. The van der Waals surface area contributed by atoms with E-state index >= 15 is 0 Å². The summed E-state index contributed by atoms with van der Waals surface area (Å²) in [4.78, 5) is 14.1. The third kappa shape index (κ3) is 3.68. The molecule has 0 saturated carbocycles. The Morgan fingerprint density at radius 1 is 1.04 bits per heavy atom. The zero-order valence-electron chi connectivity index (χ0n) is 14.0. The fourth-order valence-corrected chi connectivity index (χ4v) is 3.50. The number of rotatable bonds is 4. The van der Waals surface area contributed by atoms with Crippen LogP contribution in [0.3, 0.4) is 0 Å². The molecule has 2 unspecified atom stereocenters. The predicted molar refractivity (Wildman–Crippen MR) is 95.2 cm³/mol. The van der Waals surface area contributed by atoms with Crippen LogP contribution in [0.2, 0.25) is 0 Å². The molecule has 1 aliphatic heterocycles. The molecule has 2 aliphatic rings. The molecule has 1 amide bonds. The first-order valence-electron chi connectivity index (χ1n) is 8.66. The monoisotopic (exact) mass is 335 g/mol. The summed E-state index contributed by atoms with van der Waals surface area (Å²) < 4.78 is 11.4. The summed E-state index contributed by atoms with van der Waals surface area (Å²) in [5.41, 5.74) is 2.29. The molecule has 0 spiro atoms. The molecule has 0 bridgehead atoms. The SMILES string of the molecule is O=C(OCc1ccccc1)N1CC2=CC(Oc3ccccc3)CC2C1. The Bertz CT molecular complexity index is 757. The van der Waals surface area contributed by atoms with E-state index in [1.165, 1.54) is 5.57 Å². The molecule has 1 fully saturated rings. The highest BCUT2D eigenvalue weighted by Crippen LogP contribution is 2.35. The van der Waals surface area contributed by atoms with Crippen molar-refractivity contribution in [3.63, 3.8) is 0 Å². The molecule has 0 N–H and O–H groups in total. The molecule has 0 aromatic heterocycles. The topological polar surface area (TPSA) is 38.8 Å². The van der Waals surface area contributed by atoms with Gasteiger partial charge in [-0.1, -0.05) is 48.5 Å². The highest BCUT2D eigenvalue weighted by atomic mass is 16.6. The van der Waals surface area contributed by atoms with Crippen molar-refractivity contribution in [2.45, 2.75) is 19.1 Å². The molecular weight excluding hydrogens is 314 g/mol. The van der Waals surface area contributed by atoms with Gasteiger partial charge in [0, 0.05) is 19.0 Å². The van der Waals surface area contributed by atoms with Gasteiger partial charge in [-0.05, 0) is 35.8 Å². The van der Waals surface area contributed by atoms with E-state index in [1.807, 2.05) is 60.7 Å². The average Bonchev–Trinajstić information content (AvgIpc) is 3.20. The van der Waals surface area contributed by atoms with E-state index in [0.29, 0.717) is 25.6 Å². The maximum atomic E-state index is 12.3. The molecule has 1 aliphatic carbocycles. The standard InChI is InChI=1S/C21H21NO3/c23-21(24-15-16-7-3-1-4-8-16)22-13-17-11-20(12-18(17)14-22)25-19-9-5-2-6-10-19/h1-11,18,20H,12-15H2. The highest BCUT2D eigenvalue weighted by Gasteiger charge is 2.37. The number of ether oxygens (including phenoxy) is 2. The molecule has 4 nitrogen and oxygen atoms in total. The normalized spacial score (nSPS) is 21.6. The van der Waals surface area contributed by atoms with Gasteiger partial charge in [0.25, 0.3) is 0 Å². The van der Waals surface area contributed by atoms with Gasteiger partial charge in [-0.15, -0.1) is 0 Å². The number of hydrogen-bond donors (Lipinski definition) is 0. The fraction of sp³-hybridized carbons (Fsp3) is 0.286. The van der Waals surface area contributed by atoms with Crippen LogP contribution in [0.4, 0.5) is 4.79 Å². The lowest BCUT2D eigenvalue weighted by Gasteiger charge is -2.18. The van der Waals surface area contributed by atoms with Crippen molar-refractivity contribution in [3.05, 3.63) is 77.9 Å². The zero-order valence-corrected chi connectivity index (χ0v) is 14.0. The summed E-state index contributed by atoms with van der Waals surface area (Å²) in [5.74, 6) is 1.28. The second-order valence-corrected chi connectivity index (χ2v) is 6.56. The quantitative estimate of drug-likeness (QED) is 0.792. The summed E-state index contributed by atoms with van der Waals surface area (Å²) in [5, 5.41) is 0. The number of likely N-dealkylation sites (tertiary alicyclic amines) is 1. The third-order valence-electron chi connectivity index (χ3n) is 4.75. The lowest BCUT2D eigenvalue weighted by Crippen LogP contribution is -2.30. The van der Waals surface area contributed by atoms with Crippen LogP contribution in [0.5, 0.6) is 5.75 Å². The van der Waals surface area contributed by atoms with Gasteiger partial charge >= 0.3 is 6.09 Å². The molecule has 4 rings (SSSR count). The van der Waals surface area contributed by atoms with Gasteiger partial charge in [0.15, 0.2) is 0 Å². The van der Waals surface area contributed by atoms with Gasteiger partial charge in [-0.25, -0.2) is 4.79 Å². The van der Waals surface area contributed by atoms with E-state index in [0.717, 1.165) is 17.7 Å². The van der Waals surface area contributed by atoms with Crippen LogP contribution >= 0.6 is 0 Å². The second-order valence-electron chi connectivity index (χ2n) is 6.56. The Hall–Kier alpha value is -2.75. The van der Waals surface area contributed by atoms with Crippen LogP contribution in [0.25, 0.3) is 0 Å². The number of carbonyl (C=O) groups excluding carboxylic acids is 1. The molecule has 25 heavy (non-hydrogen) atoms. The molecule has 2 aromatic rings. The maximum Gasteiger partial charge on any atom is 0.410 e. The number of benzene rings is 2.